The molecule has 0 saturated carbocycles. The molecule has 0 aliphatic rings. The number of carbonyl (C=O) groups excluding carboxylic acids is 1. The summed E-state index contributed by atoms with van der Waals surface area (Å²) in [6.45, 7) is 0.788. The standard InChI is InChI=1S/C11H14N2O5/c1-11(16,7-14)6-12-10(15)8-2-4-9(5-3-8)13(17)18/h2-5,14,16H,6-7H2,1H3,(H,12,15). The number of carbonyl (C=O) groups is 1. The van der Waals surface area contributed by atoms with Crippen LogP contribution in [0.5, 0.6) is 0 Å². The minimum atomic E-state index is -1.39. The SMILES string of the molecule is CC(O)(CO)CNC(=O)c1ccc([N+](=O)[O-])cc1. The quantitative estimate of drug-likeness (QED) is 0.508. The molecule has 0 fully saturated rings. The van der Waals surface area contributed by atoms with E-state index in [1.807, 2.05) is 0 Å². The first-order chi connectivity index (χ1) is 8.35. The highest BCUT2D eigenvalue weighted by Gasteiger charge is 2.20. The average molecular weight is 254 g/mol. The smallest absolute Gasteiger partial charge is 0.269 e. The van der Waals surface area contributed by atoms with Crippen LogP contribution in [0.3, 0.4) is 0 Å². The summed E-state index contributed by atoms with van der Waals surface area (Å²) in [7, 11) is 0. The van der Waals surface area contributed by atoms with Gasteiger partial charge in [0.2, 0.25) is 0 Å². The van der Waals surface area contributed by atoms with Crippen LogP contribution in [0.25, 0.3) is 0 Å². The number of nitro groups is 1. The number of amides is 1. The second-order valence-corrected chi connectivity index (χ2v) is 4.14. The zero-order valence-electron chi connectivity index (χ0n) is 9.79. The van der Waals surface area contributed by atoms with E-state index in [0.717, 1.165) is 0 Å². The van der Waals surface area contributed by atoms with Crippen molar-refractivity contribution in [2.45, 2.75) is 12.5 Å². The molecule has 7 nitrogen and oxygen atoms in total. The molecule has 0 bridgehead atoms. The summed E-state index contributed by atoms with van der Waals surface area (Å²) < 4.78 is 0. The minimum Gasteiger partial charge on any atom is -0.393 e. The third kappa shape index (κ3) is 3.79. The van der Waals surface area contributed by atoms with E-state index in [-0.39, 0.29) is 17.8 Å². The Morgan fingerprint density at radius 2 is 2.00 bits per heavy atom. The van der Waals surface area contributed by atoms with Crippen LogP contribution in [0.2, 0.25) is 0 Å². The lowest BCUT2D eigenvalue weighted by Crippen LogP contribution is -2.43. The van der Waals surface area contributed by atoms with E-state index in [2.05, 4.69) is 5.32 Å². The van der Waals surface area contributed by atoms with E-state index in [1.165, 1.54) is 31.2 Å². The first kappa shape index (κ1) is 14.1. The zero-order valence-corrected chi connectivity index (χ0v) is 9.79. The maximum Gasteiger partial charge on any atom is 0.269 e. The van der Waals surface area contributed by atoms with Gasteiger partial charge in [-0.25, -0.2) is 0 Å². The van der Waals surface area contributed by atoms with E-state index in [9.17, 15) is 20.0 Å². The van der Waals surface area contributed by atoms with Gasteiger partial charge in [0.1, 0.15) is 5.60 Å². The van der Waals surface area contributed by atoms with Gasteiger partial charge in [0.15, 0.2) is 0 Å². The van der Waals surface area contributed by atoms with Crippen LogP contribution in [0.4, 0.5) is 5.69 Å². The van der Waals surface area contributed by atoms with Crippen LogP contribution in [-0.2, 0) is 0 Å². The summed E-state index contributed by atoms with van der Waals surface area (Å²) in [6.07, 6.45) is 0. The van der Waals surface area contributed by atoms with Gasteiger partial charge in [-0.15, -0.1) is 0 Å². The molecular formula is C11H14N2O5. The van der Waals surface area contributed by atoms with Crippen LogP contribution < -0.4 is 5.32 Å². The molecule has 3 N–H and O–H groups in total. The number of nitrogens with one attached hydrogen (secondary N) is 1. The highest BCUT2D eigenvalue weighted by atomic mass is 16.6. The van der Waals surface area contributed by atoms with Crippen LogP contribution in [0.1, 0.15) is 17.3 Å². The Bertz CT molecular complexity index is 441. The molecule has 1 aromatic carbocycles. The fourth-order valence-corrected chi connectivity index (χ4v) is 1.16. The van der Waals surface area contributed by atoms with Crippen molar-refractivity contribution in [3.63, 3.8) is 0 Å². The summed E-state index contributed by atoms with van der Waals surface area (Å²) in [5, 5.41) is 31.1. The van der Waals surface area contributed by atoms with Gasteiger partial charge < -0.3 is 15.5 Å². The number of hydrogen-bond donors (Lipinski definition) is 3. The number of rotatable bonds is 5. The number of nitrogens with zero attached hydrogens (tertiary/aromatic N) is 1. The number of hydrogen-bond acceptors (Lipinski definition) is 5. The topological polar surface area (TPSA) is 113 Å². The maximum atomic E-state index is 11.6. The molecule has 1 aromatic rings. The van der Waals surface area contributed by atoms with Gasteiger partial charge in [-0.1, -0.05) is 0 Å². The molecule has 0 heterocycles. The monoisotopic (exact) mass is 254 g/mol. The van der Waals surface area contributed by atoms with E-state index in [4.69, 9.17) is 5.11 Å². The molecule has 0 spiro atoms. The van der Waals surface area contributed by atoms with Crippen molar-refractivity contribution >= 4 is 11.6 Å². The lowest BCUT2D eigenvalue weighted by atomic mass is 10.1. The third-order valence-corrected chi connectivity index (χ3v) is 2.31. The van der Waals surface area contributed by atoms with E-state index < -0.39 is 23.0 Å². The molecule has 1 rings (SSSR count). The number of non-ortho nitro benzene ring substituents is 1. The van der Waals surface area contributed by atoms with E-state index in [0.29, 0.717) is 0 Å². The predicted molar refractivity (Wildman–Crippen MR) is 63.1 cm³/mol. The first-order valence-electron chi connectivity index (χ1n) is 5.21. The van der Waals surface area contributed by atoms with Crippen molar-refractivity contribution in [1.29, 1.82) is 0 Å². The normalized spacial score (nSPS) is 13.7. The molecule has 1 amide bonds. The minimum absolute atomic E-state index is 0.103. The van der Waals surface area contributed by atoms with Crippen LogP contribution in [0.15, 0.2) is 24.3 Å². The molecule has 7 heteroatoms. The molecule has 18 heavy (non-hydrogen) atoms. The molecule has 1 atom stereocenters. The summed E-state index contributed by atoms with van der Waals surface area (Å²) in [4.78, 5) is 21.5. The zero-order chi connectivity index (χ0) is 13.8. The van der Waals surface area contributed by atoms with Gasteiger partial charge in [-0.2, -0.15) is 0 Å². The maximum absolute atomic E-state index is 11.6. The second-order valence-electron chi connectivity index (χ2n) is 4.14. The van der Waals surface area contributed by atoms with E-state index >= 15 is 0 Å². The molecule has 0 aliphatic carbocycles. The molecule has 0 aromatic heterocycles. The van der Waals surface area contributed by atoms with Crippen molar-refractivity contribution in [2.75, 3.05) is 13.2 Å². The van der Waals surface area contributed by atoms with Crippen molar-refractivity contribution in [2.24, 2.45) is 0 Å². The lowest BCUT2D eigenvalue weighted by Gasteiger charge is -2.20. The molecular weight excluding hydrogens is 240 g/mol. The van der Waals surface area contributed by atoms with Crippen LogP contribution >= 0.6 is 0 Å². The average Bonchev–Trinajstić information content (AvgIpc) is 2.36. The Morgan fingerprint density at radius 1 is 1.44 bits per heavy atom. The number of aliphatic hydroxyl groups is 2. The lowest BCUT2D eigenvalue weighted by molar-refractivity contribution is -0.384. The number of benzene rings is 1. The Labute approximate surface area is 103 Å². The van der Waals surface area contributed by atoms with Crippen molar-refractivity contribution < 1.29 is 19.9 Å². The second kappa shape index (κ2) is 5.56. The van der Waals surface area contributed by atoms with Gasteiger partial charge in [0, 0.05) is 24.2 Å². The Kier molecular flexibility index (Phi) is 4.35. The van der Waals surface area contributed by atoms with Crippen molar-refractivity contribution in [3.05, 3.63) is 39.9 Å². The highest BCUT2D eigenvalue weighted by molar-refractivity contribution is 5.94. The molecule has 98 valence electrons. The predicted octanol–water partition coefficient (Wildman–Crippen LogP) is 0.0679. The first-order valence-corrected chi connectivity index (χ1v) is 5.21. The fraction of sp³-hybridized carbons (Fsp3) is 0.364. The Morgan fingerprint density at radius 3 is 2.44 bits per heavy atom. The molecule has 1 unspecified atom stereocenters. The fourth-order valence-electron chi connectivity index (χ4n) is 1.16. The van der Waals surface area contributed by atoms with E-state index in [1.54, 1.807) is 0 Å². The van der Waals surface area contributed by atoms with Gasteiger partial charge in [-0.3, -0.25) is 14.9 Å². The van der Waals surface area contributed by atoms with Crippen molar-refractivity contribution in [3.8, 4) is 0 Å². The Hall–Kier alpha value is -1.99. The van der Waals surface area contributed by atoms with Gasteiger partial charge in [0.25, 0.3) is 11.6 Å². The molecule has 0 aliphatic heterocycles. The summed E-state index contributed by atoms with van der Waals surface area (Å²) in [5.41, 5.74) is -1.25. The molecule has 0 radical (unpaired) electrons. The molecule has 0 saturated heterocycles. The van der Waals surface area contributed by atoms with Gasteiger partial charge in [-0.05, 0) is 19.1 Å². The van der Waals surface area contributed by atoms with Crippen molar-refractivity contribution in [1.82, 2.24) is 5.32 Å². The summed E-state index contributed by atoms with van der Waals surface area (Å²) >= 11 is 0. The largest absolute Gasteiger partial charge is 0.393 e. The summed E-state index contributed by atoms with van der Waals surface area (Å²) in [5.74, 6) is -0.473. The number of nitro benzene ring substituents is 1. The third-order valence-electron chi connectivity index (χ3n) is 2.31. The van der Waals surface area contributed by atoms with Gasteiger partial charge in [0.05, 0.1) is 11.5 Å². The summed E-state index contributed by atoms with van der Waals surface area (Å²) in [6, 6.07) is 5.08. The van der Waals surface area contributed by atoms with Crippen LogP contribution in [-0.4, -0.2) is 39.8 Å². The van der Waals surface area contributed by atoms with Gasteiger partial charge >= 0.3 is 0 Å². The highest BCUT2D eigenvalue weighted by Crippen LogP contribution is 2.11. The Balaban J connectivity index is 2.65. The van der Waals surface area contributed by atoms with Crippen LogP contribution in [0, 0.1) is 10.1 Å². The number of aliphatic hydroxyl groups excluding tert-OH is 1.